The van der Waals surface area contributed by atoms with E-state index in [1.165, 1.54) is 44.3 Å². The van der Waals surface area contributed by atoms with E-state index in [0.717, 1.165) is 13.2 Å². The van der Waals surface area contributed by atoms with Crippen molar-refractivity contribution in [3.8, 4) is 0 Å². The van der Waals surface area contributed by atoms with E-state index in [1.54, 1.807) is 0 Å². The molecular weight excluding hydrogens is 210 g/mol. The van der Waals surface area contributed by atoms with E-state index >= 15 is 0 Å². The first-order valence-corrected chi connectivity index (χ1v) is 6.76. The maximum absolute atomic E-state index is 5.97. The quantitative estimate of drug-likeness (QED) is 0.790. The van der Waals surface area contributed by atoms with Gasteiger partial charge < -0.3 is 4.74 Å². The summed E-state index contributed by atoms with van der Waals surface area (Å²) in [6.45, 7) is 4.25. The second-order valence-electron chi connectivity index (χ2n) is 5.40. The molecule has 2 aliphatic heterocycles. The van der Waals surface area contributed by atoms with Crippen LogP contribution in [0.4, 0.5) is 0 Å². The third-order valence-electron chi connectivity index (χ3n) is 4.29. The lowest BCUT2D eigenvalue weighted by Crippen LogP contribution is -2.42. The van der Waals surface area contributed by atoms with Crippen LogP contribution in [-0.2, 0) is 11.3 Å². The fourth-order valence-electron chi connectivity index (χ4n) is 3.39. The van der Waals surface area contributed by atoms with Gasteiger partial charge in [0.1, 0.15) is 0 Å². The molecule has 0 radical (unpaired) electrons. The monoisotopic (exact) mass is 231 g/mol. The fraction of sp³-hybridized carbons (Fsp3) is 0.600. The van der Waals surface area contributed by atoms with Crippen LogP contribution in [0.5, 0.6) is 0 Å². The van der Waals surface area contributed by atoms with Crippen molar-refractivity contribution in [2.45, 2.75) is 37.8 Å². The SMILES string of the molecule is c1ccc(COCC23CCCN2CCC3)cc1. The van der Waals surface area contributed by atoms with Crippen molar-refractivity contribution >= 4 is 0 Å². The Labute approximate surface area is 104 Å². The van der Waals surface area contributed by atoms with Crippen molar-refractivity contribution in [1.29, 1.82) is 0 Å². The summed E-state index contributed by atoms with van der Waals surface area (Å²) in [4.78, 5) is 2.65. The molecule has 0 aliphatic carbocycles. The minimum Gasteiger partial charge on any atom is -0.375 e. The summed E-state index contributed by atoms with van der Waals surface area (Å²) >= 11 is 0. The maximum Gasteiger partial charge on any atom is 0.0717 e. The highest BCUT2D eigenvalue weighted by molar-refractivity contribution is 5.13. The molecule has 3 rings (SSSR count). The minimum absolute atomic E-state index is 0.398. The summed E-state index contributed by atoms with van der Waals surface area (Å²) in [6, 6.07) is 10.5. The smallest absolute Gasteiger partial charge is 0.0717 e. The molecule has 0 aromatic heterocycles. The van der Waals surface area contributed by atoms with Crippen LogP contribution in [0.25, 0.3) is 0 Å². The molecule has 1 aromatic rings. The Kier molecular flexibility index (Phi) is 3.17. The van der Waals surface area contributed by atoms with E-state index in [-0.39, 0.29) is 0 Å². The van der Waals surface area contributed by atoms with Crippen LogP contribution < -0.4 is 0 Å². The molecule has 92 valence electrons. The molecule has 0 N–H and O–H groups in total. The summed E-state index contributed by atoms with van der Waals surface area (Å²) < 4.78 is 5.97. The van der Waals surface area contributed by atoms with Gasteiger partial charge in [0.25, 0.3) is 0 Å². The first-order chi connectivity index (χ1) is 8.39. The first-order valence-electron chi connectivity index (χ1n) is 6.76. The van der Waals surface area contributed by atoms with Gasteiger partial charge >= 0.3 is 0 Å². The lowest BCUT2D eigenvalue weighted by molar-refractivity contribution is 0.0266. The molecule has 0 saturated carbocycles. The number of fused-ring (bicyclic) bond motifs is 1. The van der Waals surface area contributed by atoms with Crippen molar-refractivity contribution in [1.82, 2.24) is 4.90 Å². The zero-order valence-corrected chi connectivity index (χ0v) is 10.4. The molecule has 0 amide bonds. The van der Waals surface area contributed by atoms with Crippen LogP contribution in [0, 0.1) is 0 Å². The van der Waals surface area contributed by atoms with Crippen LogP contribution in [-0.4, -0.2) is 30.1 Å². The number of nitrogens with zero attached hydrogens (tertiary/aromatic N) is 1. The van der Waals surface area contributed by atoms with Gasteiger partial charge in [0.15, 0.2) is 0 Å². The normalized spacial score (nSPS) is 22.8. The van der Waals surface area contributed by atoms with Gasteiger partial charge in [0, 0.05) is 5.54 Å². The van der Waals surface area contributed by atoms with Gasteiger partial charge in [-0.1, -0.05) is 30.3 Å². The van der Waals surface area contributed by atoms with E-state index in [9.17, 15) is 0 Å². The van der Waals surface area contributed by atoms with Crippen LogP contribution in [0.2, 0.25) is 0 Å². The van der Waals surface area contributed by atoms with Crippen LogP contribution in [0.1, 0.15) is 31.2 Å². The Balaban J connectivity index is 1.54. The molecular formula is C15H21NO. The third kappa shape index (κ3) is 2.24. The van der Waals surface area contributed by atoms with Gasteiger partial charge in [-0.25, -0.2) is 0 Å². The molecule has 2 aliphatic rings. The summed E-state index contributed by atoms with van der Waals surface area (Å²) in [5, 5.41) is 0. The molecule has 0 unspecified atom stereocenters. The largest absolute Gasteiger partial charge is 0.375 e. The Morgan fingerprint density at radius 1 is 1.06 bits per heavy atom. The lowest BCUT2D eigenvalue weighted by atomic mass is 9.95. The second kappa shape index (κ2) is 4.79. The average molecular weight is 231 g/mol. The highest BCUT2D eigenvalue weighted by Gasteiger charge is 2.44. The molecule has 2 heterocycles. The molecule has 2 fully saturated rings. The predicted molar refractivity (Wildman–Crippen MR) is 68.9 cm³/mol. The summed E-state index contributed by atoms with van der Waals surface area (Å²) in [6.07, 6.45) is 5.38. The molecule has 2 heteroatoms. The molecule has 0 atom stereocenters. The van der Waals surface area contributed by atoms with E-state index in [0.29, 0.717) is 5.54 Å². The molecule has 2 nitrogen and oxygen atoms in total. The zero-order valence-electron chi connectivity index (χ0n) is 10.4. The minimum atomic E-state index is 0.398. The number of rotatable bonds is 4. The van der Waals surface area contributed by atoms with Gasteiger partial charge in [-0.05, 0) is 44.3 Å². The van der Waals surface area contributed by atoms with Gasteiger partial charge in [0.2, 0.25) is 0 Å². The Morgan fingerprint density at radius 3 is 2.47 bits per heavy atom. The topological polar surface area (TPSA) is 12.5 Å². The Bertz CT molecular complexity index is 352. The molecule has 1 aromatic carbocycles. The van der Waals surface area contributed by atoms with E-state index in [2.05, 4.69) is 35.2 Å². The number of ether oxygens (including phenoxy) is 1. The molecule has 2 saturated heterocycles. The number of hydrogen-bond acceptors (Lipinski definition) is 2. The molecule has 0 spiro atoms. The predicted octanol–water partition coefficient (Wildman–Crippen LogP) is 2.83. The van der Waals surface area contributed by atoms with E-state index in [4.69, 9.17) is 4.74 Å². The summed E-state index contributed by atoms with van der Waals surface area (Å²) in [5.41, 5.74) is 1.68. The summed E-state index contributed by atoms with van der Waals surface area (Å²) in [7, 11) is 0. The third-order valence-corrected chi connectivity index (χ3v) is 4.29. The van der Waals surface area contributed by atoms with Gasteiger partial charge in [-0.2, -0.15) is 0 Å². The Morgan fingerprint density at radius 2 is 1.76 bits per heavy atom. The molecule has 0 bridgehead atoms. The van der Waals surface area contributed by atoms with Crippen LogP contribution in [0.15, 0.2) is 30.3 Å². The zero-order chi connectivity index (χ0) is 11.6. The van der Waals surface area contributed by atoms with Gasteiger partial charge in [-0.15, -0.1) is 0 Å². The summed E-state index contributed by atoms with van der Waals surface area (Å²) in [5.74, 6) is 0. The van der Waals surface area contributed by atoms with E-state index in [1.807, 2.05) is 0 Å². The molecule has 17 heavy (non-hydrogen) atoms. The van der Waals surface area contributed by atoms with Crippen molar-refractivity contribution in [2.24, 2.45) is 0 Å². The lowest BCUT2D eigenvalue weighted by Gasteiger charge is -2.31. The highest BCUT2D eigenvalue weighted by Crippen LogP contribution is 2.38. The van der Waals surface area contributed by atoms with Gasteiger partial charge in [-0.3, -0.25) is 4.90 Å². The number of benzene rings is 1. The van der Waals surface area contributed by atoms with Crippen LogP contribution >= 0.6 is 0 Å². The van der Waals surface area contributed by atoms with Crippen LogP contribution in [0.3, 0.4) is 0 Å². The van der Waals surface area contributed by atoms with Crippen molar-refractivity contribution in [2.75, 3.05) is 19.7 Å². The van der Waals surface area contributed by atoms with E-state index < -0.39 is 0 Å². The standard InChI is InChI=1S/C15H21NO/c1-2-6-14(7-3-1)12-17-13-15-8-4-10-16(15)11-5-9-15/h1-3,6-7H,4-5,8-13H2. The fourth-order valence-corrected chi connectivity index (χ4v) is 3.39. The maximum atomic E-state index is 5.97. The van der Waals surface area contributed by atoms with Crippen molar-refractivity contribution in [3.63, 3.8) is 0 Å². The van der Waals surface area contributed by atoms with Crippen molar-refractivity contribution in [3.05, 3.63) is 35.9 Å². The van der Waals surface area contributed by atoms with Gasteiger partial charge in [0.05, 0.1) is 13.2 Å². The highest BCUT2D eigenvalue weighted by atomic mass is 16.5. The average Bonchev–Trinajstić information content (AvgIpc) is 2.89. The second-order valence-corrected chi connectivity index (χ2v) is 5.40. The Hall–Kier alpha value is -0.860. The number of hydrogen-bond donors (Lipinski definition) is 0. The first kappa shape index (κ1) is 11.2. The van der Waals surface area contributed by atoms with Crippen molar-refractivity contribution < 1.29 is 4.74 Å².